The number of carbonyl (C=O) groups excluding carboxylic acids is 2. The number of rotatable bonds is 2. The smallest absolute Gasteiger partial charge is 0.223 e. The maximum atomic E-state index is 11.5. The van der Waals surface area contributed by atoms with Crippen LogP contribution in [0.2, 0.25) is 0 Å². The number of nitrogens with zero attached hydrogens (tertiary/aromatic N) is 1. The van der Waals surface area contributed by atoms with Gasteiger partial charge in [-0.1, -0.05) is 12.8 Å². The molecule has 1 aliphatic heterocycles. The molecule has 0 aromatic rings. The molecule has 1 heterocycles. The zero-order valence-corrected chi connectivity index (χ0v) is 8.07. The molecule has 2 rings (SSSR count). The van der Waals surface area contributed by atoms with Gasteiger partial charge in [0, 0.05) is 30.9 Å². The molecule has 78 valence electrons. The van der Waals surface area contributed by atoms with Crippen molar-refractivity contribution in [3.63, 3.8) is 0 Å². The average molecular weight is 196 g/mol. The summed E-state index contributed by atoms with van der Waals surface area (Å²) >= 11 is 0. The minimum atomic E-state index is -1.08. The largest absolute Gasteiger partial charge is 0.550 e. The summed E-state index contributed by atoms with van der Waals surface area (Å²) in [5, 5.41) is 10.6. The van der Waals surface area contributed by atoms with E-state index in [0.29, 0.717) is 12.6 Å². The monoisotopic (exact) mass is 196 g/mol. The van der Waals surface area contributed by atoms with Crippen LogP contribution in [0.4, 0.5) is 0 Å². The Balaban J connectivity index is 2.00. The lowest BCUT2D eigenvalue weighted by Gasteiger charge is -2.24. The predicted molar refractivity (Wildman–Crippen MR) is 47.1 cm³/mol. The van der Waals surface area contributed by atoms with E-state index in [0.717, 1.165) is 25.7 Å². The van der Waals surface area contributed by atoms with Crippen LogP contribution in [-0.2, 0) is 9.59 Å². The van der Waals surface area contributed by atoms with Crippen molar-refractivity contribution in [3.05, 3.63) is 0 Å². The Morgan fingerprint density at radius 2 is 2.00 bits per heavy atom. The normalized spacial score (nSPS) is 28.7. The molecule has 2 fully saturated rings. The van der Waals surface area contributed by atoms with Crippen LogP contribution in [0.1, 0.15) is 32.1 Å². The van der Waals surface area contributed by atoms with E-state index in [-0.39, 0.29) is 12.3 Å². The van der Waals surface area contributed by atoms with Crippen LogP contribution in [0.25, 0.3) is 0 Å². The van der Waals surface area contributed by atoms with E-state index in [1.807, 2.05) is 0 Å². The summed E-state index contributed by atoms with van der Waals surface area (Å²) in [5.74, 6) is -1.67. The molecule has 1 saturated heterocycles. The molecule has 4 nitrogen and oxygen atoms in total. The molecule has 1 atom stereocenters. The van der Waals surface area contributed by atoms with Crippen molar-refractivity contribution >= 4 is 11.9 Å². The molecular formula is C10H14NO3-. The lowest BCUT2D eigenvalue weighted by molar-refractivity contribution is -0.311. The number of amides is 1. The molecule has 14 heavy (non-hydrogen) atoms. The number of aliphatic carboxylic acids is 1. The van der Waals surface area contributed by atoms with Gasteiger partial charge in [0.1, 0.15) is 0 Å². The molecule has 0 radical (unpaired) electrons. The summed E-state index contributed by atoms with van der Waals surface area (Å²) in [4.78, 5) is 23.9. The summed E-state index contributed by atoms with van der Waals surface area (Å²) in [6.07, 6.45) is 4.52. The number of hydrogen-bond donors (Lipinski definition) is 0. The first-order valence-corrected chi connectivity index (χ1v) is 5.19. The van der Waals surface area contributed by atoms with E-state index in [2.05, 4.69) is 0 Å². The Bertz CT molecular complexity index is 258. The van der Waals surface area contributed by atoms with Gasteiger partial charge in [-0.25, -0.2) is 0 Å². The van der Waals surface area contributed by atoms with Crippen LogP contribution in [0, 0.1) is 5.92 Å². The van der Waals surface area contributed by atoms with Gasteiger partial charge in [-0.05, 0) is 12.8 Å². The molecule has 0 aromatic heterocycles. The maximum Gasteiger partial charge on any atom is 0.223 e. The first-order chi connectivity index (χ1) is 6.68. The summed E-state index contributed by atoms with van der Waals surface area (Å²) in [6.45, 7) is 0.367. The standard InChI is InChI=1S/C10H15NO3/c12-9-5-7(10(13)14)6-11(9)8-3-1-2-4-8/h7-8H,1-6H2,(H,13,14)/p-1. The Kier molecular flexibility index (Phi) is 2.44. The van der Waals surface area contributed by atoms with Crippen LogP contribution in [0.5, 0.6) is 0 Å². The molecule has 2 aliphatic rings. The van der Waals surface area contributed by atoms with E-state index >= 15 is 0 Å². The van der Waals surface area contributed by atoms with Gasteiger partial charge >= 0.3 is 0 Å². The van der Waals surface area contributed by atoms with Gasteiger partial charge < -0.3 is 14.8 Å². The topological polar surface area (TPSA) is 60.4 Å². The number of carbonyl (C=O) groups is 2. The number of likely N-dealkylation sites (tertiary alicyclic amines) is 1. The maximum absolute atomic E-state index is 11.5. The molecule has 1 aliphatic carbocycles. The fraction of sp³-hybridized carbons (Fsp3) is 0.800. The summed E-state index contributed by atoms with van der Waals surface area (Å²) in [7, 11) is 0. The van der Waals surface area contributed by atoms with Gasteiger partial charge in [0.2, 0.25) is 5.91 Å². The SMILES string of the molecule is O=C([O-])C1CC(=O)N(C2CCCC2)C1. The third kappa shape index (κ3) is 1.61. The number of hydrogen-bond acceptors (Lipinski definition) is 3. The van der Waals surface area contributed by atoms with E-state index in [1.165, 1.54) is 0 Å². The van der Waals surface area contributed by atoms with Gasteiger partial charge in [0.05, 0.1) is 0 Å². The summed E-state index contributed by atoms with van der Waals surface area (Å²) < 4.78 is 0. The predicted octanol–water partition coefficient (Wildman–Crippen LogP) is -0.473. The van der Waals surface area contributed by atoms with Crippen molar-refractivity contribution in [2.24, 2.45) is 5.92 Å². The highest BCUT2D eigenvalue weighted by atomic mass is 16.4. The zero-order valence-electron chi connectivity index (χ0n) is 8.07. The highest BCUT2D eigenvalue weighted by Gasteiger charge is 2.35. The second kappa shape index (κ2) is 3.59. The van der Waals surface area contributed by atoms with Crippen molar-refractivity contribution in [2.75, 3.05) is 6.54 Å². The van der Waals surface area contributed by atoms with Crippen LogP contribution >= 0.6 is 0 Å². The Labute approximate surface area is 82.9 Å². The first-order valence-electron chi connectivity index (χ1n) is 5.19. The highest BCUT2D eigenvalue weighted by molar-refractivity contribution is 5.85. The fourth-order valence-electron chi connectivity index (χ4n) is 2.46. The van der Waals surface area contributed by atoms with E-state index in [1.54, 1.807) is 4.90 Å². The zero-order chi connectivity index (χ0) is 10.1. The van der Waals surface area contributed by atoms with Crippen molar-refractivity contribution in [1.82, 2.24) is 4.90 Å². The average Bonchev–Trinajstić information content (AvgIpc) is 2.71. The van der Waals surface area contributed by atoms with Gasteiger partial charge in [-0.15, -0.1) is 0 Å². The van der Waals surface area contributed by atoms with Crippen LogP contribution < -0.4 is 5.11 Å². The van der Waals surface area contributed by atoms with Crippen LogP contribution in [0.15, 0.2) is 0 Å². The molecular weight excluding hydrogens is 182 g/mol. The molecule has 1 unspecified atom stereocenters. The van der Waals surface area contributed by atoms with Gasteiger partial charge in [-0.3, -0.25) is 4.79 Å². The third-order valence-corrected chi connectivity index (χ3v) is 3.26. The summed E-state index contributed by atoms with van der Waals surface area (Å²) in [5.41, 5.74) is 0. The quantitative estimate of drug-likeness (QED) is 0.599. The Hall–Kier alpha value is -1.06. The number of carboxylic acids is 1. The van der Waals surface area contributed by atoms with Crippen LogP contribution in [0.3, 0.4) is 0 Å². The van der Waals surface area contributed by atoms with Crippen molar-refractivity contribution < 1.29 is 14.7 Å². The minimum absolute atomic E-state index is 0.00824. The van der Waals surface area contributed by atoms with Gasteiger partial charge in [-0.2, -0.15) is 0 Å². The van der Waals surface area contributed by atoms with E-state index < -0.39 is 11.9 Å². The Morgan fingerprint density at radius 3 is 2.50 bits per heavy atom. The van der Waals surface area contributed by atoms with Gasteiger partial charge in [0.25, 0.3) is 0 Å². The second-order valence-electron chi connectivity index (χ2n) is 4.20. The molecule has 0 bridgehead atoms. The third-order valence-electron chi connectivity index (χ3n) is 3.26. The first kappa shape index (κ1) is 9.49. The van der Waals surface area contributed by atoms with Crippen molar-refractivity contribution in [2.45, 2.75) is 38.1 Å². The second-order valence-corrected chi connectivity index (χ2v) is 4.20. The van der Waals surface area contributed by atoms with Crippen molar-refractivity contribution in [3.8, 4) is 0 Å². The van der Waals surface area contributed by atoms with Crippen LogP contribution in [-0.4, -0.2) is 29.4 Å². The molecule has 0 spiro atoms. The molecule has 0 aromatic carbocycles. The Morgan fingerprint density at radius 1 is 1.36 bits per heavy atom. The molecule has 4 heteroatoms. The minimum Gasteiger partial charge on any atom is -0.550 e. The lowest BCUT2D eigenvalue weighted by atomic mass is 10.1. The van der Waals surface area contributed by atoms with E-state index in [4.69, 9.17) is 0 Å². The highest BCUT2D eigenvalue weighted by Crippen LogP contribution is 2.29. The van der Waals surface area contributed by atoms with Crippen molar-refractivity contribution in [1.29, 1.82) is 0 Å². The molecule has 1 saturated carbocycles. The molecule has 1 amide bonds. The lowest BCUT2D eigenvalue weighted by Crippen LogP contribution is -2.37. The number of carboxylic acid groups (broad SMARTS) is 1. The van der Waals surface area contributed by atoms with Gasteiger partial charge in [0.15, 0.2) is 0 Å². The summed E-state index contributed by atoms with van der Waals surface area (Å²) in [6, 6.07) is 0.298. The molecule has 0 N–H and O–H groups in total. The van der Waals surface area contributed by atoms with E-state index in [9.17, 15) is 14.7 Å². The fourth-order valence-corrected chi connectivity index (χ4v) is 2.46.